The van der Waals surface area contributed by atoms with E-state index in [9.17, 15) is 8.78 Å². The highest BCUT2D eigenvalue weighted by Gasteiger charge is 2.09. The van der Waals surface area contributed by atoms with Gasteiger partial charge in [-0.3, -0.25) is 4.99 Å². The Balaban J connectivity index is 2.98. The van der Waals surface area contributed by atoms with Crippen LogP contribution in [0.2, 0.25) is 0 Å². The molecule has 1 N–H and O–H groups in total. The number of hydrogen-bond acceptors (Lipinski definition) is 1. The molecule has 82 valence electrons. The lowest BCUT2D eigenvalue weighted by Crippen LogP contribution is -2.23. The quantitative estimate of drug-likeness (QED) is 0.604. The first-order chi connectivity index (χ1) is 7.19. The zero-order chi connectivity index (χ0) is 11.3. The van der Waals surface area contributed by atoms with Gasteiger partial charge in [0.2, 0.25) is 0 Å². The van der Waals surface area contributed by atoms with E-state index in [2.05, 4.69) is 10.3 Å². The molecule has 0 aliphatic carbocycles. The van der Waals surface area contributed by atoms with E-state index in [4.69, 9.17) is 0 Å². The average Bonchev–Trinajstić information content (AvgIpc) is 2.26. The molecule has 2 nitrogen and oxygen atoms in total. The highest BCUT2D eigenvalue weighted by atomic mass is 19.3. The van der Waals surface area contributed by atoms with Crippen molar-refractivity contribution in [2.24, 2.45) is 4.99 Å². The van der Waals surface area contributed by atoms with Crippen molar-refractivity contribution < 1.29 is 8.78 Å². The van der Waals surface area contributed by atoms with Crippen LogP contribution in [-0.4, -0.2) is 19.4 Å². The van der Waals surface area contributed by atoms with Crippen LogP contribution in [0.1, 0.15) is 24.5 Å². The first-order valence-electron chi connectivity index (χ1n) is 4.78. The standard InChI is InChI=1S/C11H14F2N2/c1-3-15-11(14-2)9-6-4-5-8(7-9)10(12)13/h4-7,10H,3H2,1-2H3,(H,14,15). The number of hydrogen-bond donors (Lipinski definition) is 1. The van der Waals surface area contributed by atoms with Gasteiger partial charge in [0.1, 0.15) is 5.84 Å². The third-order valence-corrected chi connectivity index (χ3v) is 1.98. The van der Waals surface area contributed by atoms with E-state index in [1.807, 2.05) is 6.92 Å². The van der Waals surface area contributed by atoms with Gasteiger partial charge < -0.3 is 5.32 Å². The van der Waals surface area contributed by atoms with Crippen LogP contribution in [-0.2, 0) is 0 Å². The molecule has 0 bridgehead atoms. The summed E-state index contributed by atoms with van der Waals surface area (Å²) in [5.74, 6) is 0.639. The van der Waals surface area contributed by atoms with Crippen LogP contribution in [0.5, 0.6) is 0 Å². The topological polar surface area (TPSA) is 24.4 Å². The van der Waals surface area contributed by atoms with Gasteiger partial charge in [-0.25, -0.2) is 8.78 Å². The van der Waals surface area contributed by atoms with Gasteiger partial charge in [0.05, 0.1) is 0 Å². The van der Waals surface area contributed by atoms with Gasteiger partial charge >= 0.3 is 0 Å². The van der Waals surface area contributed by atoms with Crippen LogP contribution in [0.4, 0.5) is 8.78 Å². The number of nitrogens with one attached hydrogen (secondary N) is 1. The first-order valence-corrected chi connectivity index (χ1v) is 4.78. The highest BCUT2D eigenvalue weighted by Crippen LogP contribution is 2.19. The number of benzene rings is 1. The minimum atomic E-state index is -2.44. The summed E-state index contributed by atoms with van der Waals surface area (Å²) in [6, 6.07) is 6.24. The zero-order valence-electron chi connectivity index (χ0n) is 8.80. The predicted octanol–water partition coefficient (Wildman–Crippen LogP) is 2.61. The van der Waals surface area contributed by atoms with Gasteiger partial charge in [-0.2, -0.15) is 0 Å². The fraction of sp³-hybridized carbons (Fsp3) is 0.364. The molecule has 0 unspecified atom stereocenters. The largest absolute Gasteiger partial charge is 0.370 e. The molecule has 0 aliphatic heterocycles. The van der Waals surface area contributed by atoms with Crippen molar-refractivity contribution in [2.75, 3.05) is 13.6 Å². The van der Waals surface area contributed by atoms with Crippen molar-refractivity contribution in [3.8, 4) is 0 Å². The summed E-state index contributed by atoms with van der Waals surface area (Å²) in [6.07, 6.45) is -2.44. The van der Waals surface area contributed by atoms with Crippen LogP contribution in [0.15, 0.2) is 29.3 Å². The van der Waals surface area contributed by atoms with E-state index in [-0.39, 0.29) is 5.56 Å². The van der Waals surface area contributed by atoms with Gasteiger partial charge in [-0.05, 0) is 13.0 Å². The van der Waals surface area contributed by atoms with Crippen molar-refractivity contribution in [1.29, 1.82) is 0 Å². The second-order valence-electron chi connectivity index (χ2n) is 3.03. The second-order valence-corrected chi connectivity index (χ2v) is 3.03. The number of aliphatic imine (C=N–C) groups is 1. The summed E-state index contributed by atoms with van der Waals surface area (Å²) < 4.78 is 24.9. The molecular formula is C11H14F2N2. The van der Waals surface area contributed by atoms with Crippen LogP contribution >= 0.6 is 0 Å². The van der Waals surface area contributed by atoms with Crippen molar-refractivity contribution in [3.63, 3.8) is 0 Å². The molecule has 15 heavy (non-hydrogen) atoms. The SMILES string of the molecule is CCNC(=NC)c1cccc(C(F)F)c1. The maximum atomic E-state index is 12.4. The molecule has 0 heterocycles. The van der Waals surface area contributed by atoms with Crippen molar-refractivity contribution in [3.05, 3.63) is 35.4 Å². The number of alkyl halides is 2. The van der Waals surface area contributed by atoms with Gasteiger partial charge in [-0.15, -0.1) is 0 Å². The normalized spacial score (nSPS) is 11.9. The number of halogens is 2. The van der Waals surface area contributed by atoms with E-state index in [1.54, 1.807) is 19.2 Å². The summed E-state index contributed by atoms with van der Waals surface area (Å²) >= 11 is 0. The smallest absolute Gasteiger partial charge is 0.263 e. The molecule has 0 saturated carbocycles. The summed E-state index contributed by atoms with van der Waals surface area (Å²) in [7, 11) is 1.63. The summed E-state index contributed by atoms with van der Waals surface area (Å²) in [5.41, 5.74) is 0.712. The predicted molar refractivity (Wildman–Crippen MR) is 57.5 cm³/mol. The molecule has 0 radical (unpaired) electrons. The van der Waals surface area contributed by atoms with Crippen molar-refractivity contribution in [1.82, 2.24) is 5.32 Å². The Morgan fingerprint density at radius 2 is 2.20 bits per heavy atom. The molecule has 0 saturated heterocycles. The summed E-state index contributed by atoms with van der Waals surface area (Å²) in [4.78, 5) is 4.01. The molecule has 0 atom stereocenters. The van der Waals surface area contributed by atoms with Crippen molar-refractivity contribution >= 4 is 5.84 Å². The lowest BCUT2D eigenvalue weighted by atomic mass is 10.1. The van der Waals surface area contributed by atoms with E-state index >= 15 is 0 Å². The van der Waals surface area contributed by atoms with E-state index in [0.717, 1.165) is 0 Å². The van der Waals surface area contributed by atoms with E-state index in [1.165, 1.54) is 12.1 Å². The highest BCUT2D eigenvalue weighted by molar-refractivity contribution is 5.98. The molecule has 0 amide bonds. The van der Waals surface area contributed by atoms with Gasteiger partial charge in [0.15, 0.2) is 0 Å². The Hall–Kier alpha value is -1.45. The van der Waals surface area contributed by atoms with Gasteiger partial charge in [0.25, 0.3) is 6.43 Å². The Labute approximate surface area is 88.0 Å². The zero-order valence-corrected chi connectivity index (χ0v) is 8.80. The monoisotopic (exact) mass is 212 g/mol. The average molecular weight is 212 g/mol. The lowest BCUT2D eigenvalue weighted by Gasteiger charge is -2.08. The minimum absolute atomic E-state index is 0.0200. The molecule has 0 fully saturated rings. The molecule has 4 heteroatoms. The van der Waals surface area contributed by atoms with Gasteiger partial charge in [0, 0.05) is 24.7 Å². The molecule has 1 aromatic rings. The van der Waals surface area contributed by atoms with E-state index < -0.39 is 6.43 Å². The molecule has 1 rings (SSSR count). The third-order valence-electron chi connectivity index (χ3n) is 1.98. The maximum absolute atomic E-state index is 12.4. The Morgan fingerprint density at radius 3 is 2.73 bits per heavy atom. The fourth-order valence-corrected chi connectivity index (χ4v) is 1.30. The van der Waals surface area contributed by atoms with Crippen molar-refractivity contribution in [2.45, 2.75) is 13.3 Å². The number of nitrogens with zero attached hydrogens (tertiary/aromatic N) is 1. The summed E-state index contributed by atoms with van der Waals surface area (Å²) in [5, 5.41) is 3.02. The van der Waals surface area contributed by atoms with Gasteiger partial charge in [-0.1, -0.05) is 18.2 Å². The lowest BCUT2D eigenvalue weighted by molar-refractivity contribution is 0.151. The van der Waals surface area contributed by atoms with Crippen LogP contribution in [0.25, 0.3) is 0 Å². The summed E-state index contributed by atoms with van der Waals surface area (Å²) in [6.45, 7) is 2.65. The molecule has 0 aliphatic rings. The molecule has 1 aromatic carbocycles. The molecule has 0 aromatic heterocycles. The number of rotatable bonds is 3. The first kappa shape index (κ1) is 11.6. The minimum Gasteiger partial charge on any atom is -0.370 e. The Morgan fingerprint density at radius 1 is 1.47 bits per heavy atom. The van der Waals surface area contributed by atoms with Crippen LogP contribution < -0.4 is 5.32 Å². The fourth-order valence-electron chi connectivity index (χ4n) is 1.30. The van der Waals surface area contributed by atoms with Crippen LogP contribution in [0.3, 0.4) is 0 Å². The number of amidine groups is 1. The molecule has 0 spiro atoms. The van der Waals surface area contributed by atoms with E-state index in [0.29, 0.717) is 17.9 Å². The van der Waals surface area contributed by atoms with Crippen LogP contribution in [0, 0.1) is 0 Å². The maximum Gasteiger partial charge on any atom is 0.263 e. The molecular weight excluding hydrogens is 198 g/mol. The Kier molecular flexibility index (Phi) is 4.21. The third kappa shape index (κ3) is 3.01. The second kappa shape index (κ2) is 5.44. The Bertz CT molecular complexity index is 348.